The Labute approximate surface area is 175 Å². The minimum Gasteiger partial charge on any atom is -0.278 e. The Morgan fingerprint density at radius 1 is 0.719 bits per heavy atom. The highest BCUT2D eigenvalue weighted by Gasteiger charge is 2.36. The number of alkyl halides is 6. The van der Waals surface area contributed by atoms with E-state index in [1.165, 1.54) is 24.4 Å². The fourth-order valence-electron chi connectivity index (χ4n) is 3.65. The molecule has 32 heavy (non-hydrogen) atoms. The van der Waals surface area contributed by atoms with Gasteiger partial charge in [-0.3, -0.25) is 10.2 Å². The Balaban J connectivity index is 1.80. The van der Waals surface area contributed by atoms with Crippen LogP contribution in [-0.2, 0) is 12.4 Å². The number of halogens is 6. The van der Waals surface area contributed by atoms with Gasteiger partial charge >= 0.3 is 12.4 Å². The van der Waals surface area contributed by atoms with Crippen molar-refractivity contribution in [2.24, 2.45) is 0 Å². The largest absolute Gasteiger partial charge is 0.433 e. The van der Waals surface area contributed by atoms with Gasteiger partial charge in [0.1, 0.15) is 5.69 Å². The maximum absolute atomic E-state index is 13.4. The van der Waals surface area contributed by atoms with Crippen LogP contribution in [0.3, 0.4) is 0 Å². The molecule has 0 bridgehead atoms. The monoisotopic (exact) mass is 447 g/mol. The lowest BCUT2D eigenvalue weighted by Gasteiger charge is -2.13. The second-order valence-corrected chi connectivity index (χ2v) is 7.08. The van der Waals surface area contributed by atoms with Crippen LogP contribution in [0.2, 0.25) is 0 Å². The number of benzene rings is 2. The van der Waals surface area contributed by atoms with Crippen molar-refractivity contribution in [3.63, 3.8) is 0 Å². The number of pyridine rings is 1. The summed E-state index contributed by atoms with van der Waals surface area (Å²) in [7, 11) is 0. The number of hydrogen-bond donors (Lipinski definition) is 2. The highest BCUT2D eigenvalue weighted by atomic mass is 19.4. The zero-order valence-electron chi connectivity index (χ0n) is 15.8. The summed E-state index contributed by atoms with van der Waals surface area (Å²) >= 11 is 0. The first-order valence-corrected chi connectivity index (χ1v) is 9.18. The minimum absolute atomic E-state index is 0.0173. The normalized spacial score (nSPS) is 12.7. The van der Waals surface area contributed by atoms with E-state index in [2.05, 4.69) is 20.3 Å². The van der Waals surface area contributed by atoms with E-state index in [1.54, 1.807) is 12.1 Å². The molecule has 0 atom stereocenters. The molecule has 0 saturated carbocycles. The van der Waals surface area contributed by atoms with Crippen molar-refractivity contribution in [1.29, 1.82) is 0 Å². The maximum atomic E-state index is 13.4. The minimum atomic E-state index is -4.69. The molecule has 0 fully saturated rings. The molecular formula is C21H11F6N5. The lowest BCUT2D eigenvalue weighted by Crippen LogP contribution is -2.07. The van der Waals surface area contributed by atoms with Crippen molar-refractivity contribution in [2.75, 3.05) is 0 Å². The van der Waals surface area contributed by atoms with Gasteiger partial charge in [-0.15, -0.1) is 0 Å². The van der Waals surface area contributed by atoms with Crippen molar-refractivity contribution in [1.82, 2.24) is 25.4 Å². The van der Waals surface area contributed by atoms with Gasteiger partial charge < -0.3 is 0 Å². The molecule has 0 unspecified atom stereocenters. The Kier molecular flexibility index (Phi) is 4.26. The van der Waals surface area contributed by atoms with E-state index < -0.39 is 23.6 Å². The number of nitrogens with one attached hydrogen (secondary N) is 2. The van der Waals surface area contributed by atoms with E-state index in [0.29, 0.717) is 32.9 Å². The molecule has 2 aromatic carbocycles. The van der Waals surface area contributed by atoms with Gasteiger partial charge in [-0.25, -0.2) is 4.98 Å². The Bertz CT molecular complexity index is 1440. The first-order valence-electron chi connectivity index (χ1n) is 9.18. The van der Waals surface area contributed by atoms with Crippen molar-refractivity contribution >= 4 is 21.8 Å². The lowest BCUT2D eigenvalue weighted by atomic mass is 9.95. The number of aromatic amines is 2. The van der Waals surface area contributed by atoms with Crippen LogP contribution in [0.25, 0.3) is 44.2 Å². The van der Waals surface area contributed by atoms with Crippen LogP contribution >= 0.6 is 0 Å². The average Bonchev–Trinajstić information content (AvgIpc) is 3.41. The summed E-state index contributed by atoms with van der Waals surface area (Å²) in [6.07, 6.45) is -6.65. The zero-order valence-corrected chi connectivity index (χ0v) is 15.8. The fourth-order valence-corrected chi connectivity index (χ4v) is 3.65. The molecule has 0 aliphatic rings. The molecule has 5 aromatic rings. The molecule has 0 saturated heterocycles. The molecule has 3 heterocycles. The standard InChI is InChI=1S/C21H11F6N5/c22-20(23,24)11-3-1-10(2-4-11)12-7-17(14-9-29-32-19(14)21(25,26)27)30-16-6-5-15-13(18(12)16)8-28-31-15/h1-9H,(H,28,31)(H,29,32). The highest BCUT2D eigenvalue weighted by Crippen LogP contribution is 2.40. The van der Waals surface area contributed by atoms with E-state index >= 15 is 0 Å². The second kappa shape index (κ2) is 6.81. The van der Waals surface area contributed by atoms with Crippen molar-refractivity contribution < 1.29 is 26.3 Å². The molecule has 0 spiro atoms. The molecule has 0 radical (unpaired) electrons. The van der Waals surface area contributed by atoms with Crippen LogP contribution in [-0.4, -0.2) is 25.4 Å². The van der Waals surface area contributed by atoms with Gasteiger partial charge in [0.05, 0.1) is 40.2 Å². The van der Waals surface area contributed by atoms with Crippen molar-refractivity contribution in [3.8, 4) is 22.4 Å². The van der Waals surface area contributed by atoms with Gasteiger partial charge in [0, 0.05) is 10.8 Å². The second-order valence-electron chi connectivity index (χ2n) is 7.08. The molecule has 11 heteroatoms. The SMILES string of the molecule is FC(F)(F)c1ccc(-c2cc(-c3cn[nH]c3C(F)(F)F)nc3ccc4[nH]ncc4c23)cc1. The van der Waals surface area contributed by atoms with Gasteiger partial charge in [-0.1, -0.05) is 12.1 Å². The quantitative estimate of drug-likeness (QED) is 0.316. The highest BCUT2D eigenvalue weighted by molar-refractivity contribution is 6.12. The molecule has 5 rings (SSSR count). The molecule has 5 nitrogen and oxygen atoms in total. The van der Waals surface area contributed by atoms with Gasteiger partial charge in [-0.2, -0.15) is 36.5 Å². The number of fused-ring (bicyclic) bond motifs is 3. The number of rotatable bonds is 2. The lowest BCUT2D eigenvalue weighted by molar-refractivity contribution is -0.140. The molecule has 0 amide bonds. The first-order chi connectivity index (χ1) is 15.1. The zero-order chi connectivity index (χ0) is 22.7. The summed E-state index contributed by atoms with van der Waals surface area (Å²) in [5, 5.41) is 13.4. The van der Waals surface area contributed by atoms with Gasteiger partial charge in [0.2, 0.25) is 0 Å². The van der Waals surface area contributed by atoms with Gasteiger partial charge in [-0.05, 0) is 41.5 Å². The Morgan fingerprint density at radius 3 is 2.12 bits per heavy atom. The number of aromatic nitrogens is 5. The van der Waals surface area contributed by atoms with Crippen LogP contribution in [0, 0.1) is 0 Å². The molecule has 2 N–H and O–H groups in total. The van der Waals surface area contributed by atoms with E-state index in [0.717, 1.165) is 18.3 Å². The Morgan fingerprint density at radius 2 is 1.44 bits per heavy atom. The summed E-state index contributed by atoms with van der Waals surface area (Å²) in [5.41, 5.74) is -0.358. The van der Waals surface area contributed by atoms with Crippen molar-refractivity contribution in [2.45, 2.75) is 12.4 Å². The van der Waals surface area contributed by atoms with Gasteiger partial charge in [0.15, 0.2) is 0 Å². The Hall–Kier alpha value is -3.89. The summed E-state index contributed by atoms with van der Waals surface area (Å²) in [6.45, 7) is 0. The molecule has 3 aromatic heterocycles. The first kappa shape index (κ1) is 20.0. The number of nitrogens with zero attached hydrogens (tertiary/aromatic N) is 3. The van der Waals surface area contributed by atoms with E-state index in [4.69, 9.17) is 0 Å². The van der Waals surface area contributed by atoms with E-state index in [1.807, 2.05) is 5.10 Å². The average molecular weight is 447 g/mol. The van der Waals surface area contributed by atoms with Crippen LogP contribution in [0.4, 0.5) is 26.3 Å². The molecule has 162 valence electrons. The molecule has 0 aliphatic carbocycles. The topological polar surface area (TPSA) is 70.2 Å². The third-order valence-corrected chi connectivity index (χ3v) is 5.12. The third-order valence-electron chi connectivity index (χ3n) is 5.12. The predicted molar refractivity (Wildman–Crippen MR) is 104 cm³/mol. The van der Waals surface area contributed by atoms with E-state index in [9.17, 15) is 26.3 Å². The van der Waals surface area contributed by atoms with Crippen molar-refractivity contribution in [3.05, 3.63) is 66.1 Å². The number of hydrogen-bond acceptors (Lipinski definition) is 3. The smallest absolute Gasteiger partial charge is 0.278 e. The summed E-state index contributed by atoms with van der Waals surface area (Å²) in [6, 6.07) is 9.11. The van der Waals surface area contributed by atoms with Crippen LogP contribution < -0.4 is 0 Å². The summed E-state index contributed by atoms with van der Waals surface area (Å²) < 4.78 is 79.3. The summed E-state index contributed by atoms with van der Waals surface area (Å²) in [4.78, 5) is 4.38. The maximum Gasteiger partial charge on any atom is 0.433 e. The third kappa shape index (κ3) is 3.26. The van der Waals surface area contributed by atoms with Gasteiger partial charge in [0.25, 0.3) is 0 Å². The van der Waals surface area contributed by atoms with E-state index in [-0.39, 0.29) is 11.3 Å². The fraction of sp³-hybridized carbons (Fsp3) is 0.0952. The number of H-pyrrole nitrogens is 2. The predicted octanol–water partition coefficient (Wildman–Crippen LogP) is 6.21. The molecule has 0 aliphatic heterocycles. The summed E-state index contributed by atoms with van der Waals surface area (Å²) in [5.74, 6) is 0. The molecular weight excluding hydrogens is 436 g/mol. The van der Waals surface area contributed by atoms with Crippen LogP contribution in [0.15, 0.2) is 54.9 Å². The van der Waals surface area contributed by atoms with Crippen LogP contribution in [0.5, 0.6) is 0 Å². The van der Waals surface area contributed by atoms with Crippen LogP contribution in [0.1, 0.15) is 11.3 Å².